The largest absolute Gasteiger partial charge is 0.265 e. The summed E-state index contributed by atoms with van der Waals surface area (Å²) in [4.78, 5) is 28.2. The molecule has 4 aromatic heterocycles. The molecule has 8 aromatic rings. The lowest BCUT2D eigenvalue weighted by molar-refractivity contribution is 1.07. The first-order valence-corrected chi connectivity index (χ1v) is 15.7. The van der Waals surface area contributed by atoms with Crippen molar-refractivity contribution in [3.63, 3.8) is 0 Å². The third kappa shape index (κ3) is 6.10. The number of hydrogen-bond donors (Lipinski definition) is 0. The summed E-state index contributed by atoms with van der Waals surface area (Å²) >= 11 is 0. The number of rotatable bonds is 7. The Morgan fingerprint density at radius 2 is 0.729 bits per heavy atom. The Morgan fingerprint density at radius 3 is 1.25 bits per heavy atom. The molecule has 48 heavy (non-hydrogen) atoms. The second-order valence-corrected chi connectivity index (χ2v) is 11.3. The average Bonchev–Trinajstić information content (AvgIpc) is 3.19. The molecule has 0 aliphatic rings. The molecule has 6 nitrogen and oxygen atoms in total. The topological polar surface area (TPSA) is 77.3 Å². The molecule has 4 aromatic carbocycles. The lowest BCUT2D eigenvalue weighted by atomic mass is 9.98. The van der Waals surface area contributed by atoms with Crippen LogP contribution in [0.25, 0.3) is 79.1 Å². The highest BCUT2D eigenvalue weighted by molar-refractivity contribution is 5.78. The van der Waals surface area contributed by atoms with Crippen molar-refractivity contribution in [3.8, 4) is 79.1 Å². The van der Waals surface area contributed by atoms with Crippen LogP contribution in [0.5, 0.6) is 0 Å². The van der Waals surface area contributed by atoms with Crippen LogP contribution in [0.1, 0.15) is 0 Å². The van der Waals surface area contributed by atoms with Crippen LogP contribution in [0.4, 0.5) is 0 Å². The molecule has 8 rings (SSSR count). The zero-order valence-electron chi connectivity index (χ0n) is 25.8. The molecule has 0 N–H and O–H groups in total. The lowest BCUT2D eigenvalue weighted by Crippen LogP contribution is -2.00. The number of nitrogens with zero attached hydrogens (tertiary/aromatic N) is 6. The van der Waals surface area contributed by atoms with Gasteiger partial charge in [-0.3, -0.25) is 9.97 Å². The predicted octanol–water partition coefficient (Wildman–Crippen LogP) is 9.73. The van der Waals surface area contributed by atoms with E-state index in [4.69, 9.17) is 19.9 Å². The maximum absolute atomic E-state index is 4.94. The molecule has 0 spiro atoms. The molecule has 0 aliphatic heterocycles. The van der Waals surface area contributed by atoms with Crippen molar-refractivity contribution in [1.82, 2.24) is 29.9 Å². The van der Waals surface area contributed by atoms with Gasteiger partial charge < -0.3 is 0 Å². The first-order chi connectivity index (χ1) is 23.8. The highest BCUT2D eigenvalue weighted by Crippen LogP contribution is 2.32. The molecule has 0 fully saturated rings. The number of aromatic nitrogens is 6. The average molecular weight is 617 g/mol. The Balaban J connectivity index is 1.11. The quantitative estimate of drug-likeness (QED) is 0.177. The summed E-state index contributed by atoms with van der Waals surface area (Å²) < 4.78 is 0. The predicted molar refractivity (Wildman–Crippen MR) is 191 cm³/mol. The highest BCUT2D eigenvalue weighted by atomic mass is 15.0. The van der Waals surface area contributed by atoms with Gasteiger partial charge in [-0.25, -0.2) is 19.9 Å². The van der Waals surface area contributed by atoms with E-state index in [2.05, 4.69) is 70.6 Å². The summed E-state index contributed by atoms with van der Waals surface area (Å²) in [5.41, 5.74) is 10.7. The number of hydrogen-bond acceptors (Lipinski definition) is 6. The van der Waals surface area contributed by atoms with Crippen LogP contribution in [-0.4, -0.2) is 29.9 Å². The van der Waals surface area contributed by atoms with Crippen molar-refractivity contribution in [2.24, 2.45) is 0 Å². The first kappa shape index (κ1) is 28.8. The fourth-order valence-electron chi connectivity index (χ4n) is 5.62. The smallest absolute Gasteiger partial charge is 0.164 e. The van der Waals surface area contributed by atoms with Crippen LogP contribution in [0.3, 0.4) is 0 Å². The maximum atomic E-state index is 4.94. The standard InChI is InChI=1S/C42H28N6/c1-3-9-33(10-4-1)40-46-41(34-11-5-2-6-12-34)48-42(47-40)35-20-18-30(19-21-35)29-14-16-31(17-15-29)36-27-38(32-22-25-43-26-23-32)45-39(28-36)37-13-7-8-24-44-37/h1-28H. The molecule has 0 atom stereocenters. The molecule has 0 aliphatic carbocycles. The van der Waals surface area contributed by atoms with Crippen molar-refractivity contribution >= 4 is 0 Å². The lowest BCUT2D eigenvalue weighted by Gasteiger charge is -2.11. The maximum Gasteiger partial charge on any atom is 0.164 e. The van der Waals surface area contributed by atoms with Gasteiger partial charge in [-0.15, -0.1) is 0 Å². The molecular formula is C42H28N6. The van der Waals surface area contributed by atoms with Crippen molar-refractivity contribution < 1.29 is 0 Å². The monoisotopic (exact) mass is 616 g/mol. The minimum absolute atomic E-state index is 0.635. The van der Waals surface area contributed by atoms with Crippen LogP contribution >= 0.6 is 0 Å². The van der Waals surface area contributed by atoms with Crippen molar-refractivity contribution in [1.29, 1.82) is 0 Å². The fourth-order valence-corrected chi connectivity index (χ4v) is 5.62. The minimum Gasteiger partial charge on any atom is -0.265 e. The second-order valence-electron chi connectivity index (χ2n) is 11.3. The molecular weight excluding hydrogens is 589 g/mol. The van der Waals surface area contributed by atoms with Crippen LogP contribution < -0.4 is 0 Å². The molecule has 0 bridgehead atoms. The van der Waals surface area contributed by atoms with E-state index in [0.29, 0.717) is 17.5 Å². The van der Waals surface area contributed by atoms with E-state index in [0.717, 1.165) is 61.6 Å². The summed E-state index contributed by atoms with van der Waals surface area (Å²) in [6.45, 7) is 0. The molecule has 0 unspecified atom stereocenters. The van der Waals surface area contributed by atoms with Gasteiger partial charge >= 0.3 is 0 Å². The Morgan fingerprint density at radius 1 is 0.271 bits per heavy atom. The van der Waals surface area contributed by atoms with E-state index in [9.17, 15) is 0 Å². The number of pyridine rings is 3. The molecule has 0 saturated heterocycles. The summed E-state index contributed by atoms with van der Waals surface area (Å²) in [6.07, 6.45) is 5.37. The molecule has 0 radical (unpaired) electrons. The van der Waals surface area contributed by atoms with Gasteiger partial charge in [0.2, 0.25) is 0 Å². The van der Waals surface area contributed by atoms with E-state index in [1.165, 1.54) is 0 Å². The minimum atomic E-state index is 0.635. The number of benzene rings is 4. The van der Waals surface area contributed by atoms with E-state index >= 15 is 0 Å². The summed E-state index contributed by atoms with van der Waals surface area (Å²) in [5.74, 6) is 1.93. The van der Waals surface area contributed by atoms with Gasteiger partial charge in [-0.2, -0.15) is 0 Å². The summed E-state index contributed by atoms with van der Waals surface area (Å²) in [5, 5.41) is 0. The Kier molecular flexibility index (Phi) is 7.79. The zero-order chi connectivity index (χ0) is 32.1. The van der Waals surface area contributed by atoms with Crippen molar-refractivity contribution in [2.45, 2.75) is 0 Å². The van der Waals surface area contributed by atoms with E-state index < -0.39 is 0 Å². The van der Waals surface area contributed by atoms with Gasteiger partial charge in [0, 0.05) is 40.8 Å². The second kappa shape index (κ2) is 13.0. The van der Waals surface area contributed by atoms with Crippen LogP contribution in [0, 0.1) is 0 Å². The summed E-state index contributed by atoms with van der Waals surface area (Å²) in [7, 11) is 0. The Bertz CT molecular complexity index is 2010. The normalized spacial score (nSPS) is 10.9. The Labute approximate surface area is 278 Å². The zero-order valence-corrected chi connectivity index (χ0v) is 25.8. The van der Waals surface area contributed by atoms with E-state index in [1.807, 2.05) is 91.0 Å². The van der Waals surface area contributed by atoms with Gasteiger partial charge in [0.15, 0.2) is 17.5 Å². The van der Waals surface area contributed by atoms with Gasteiger partial charge in [-0.1, -0.05) is 115 Å². The molecule has 6 heteroatoms. The molecule has 4 heterocycles. The van der Waals surface area contributed by atoms with Crippen LogP contribution in [-0.2, 0) is 0 Å². The molecule has 0 amide bonds. The van der Waals surface area contributed by atoms with Crippen molar-refractivity contribution in [3.05, 3.63) is 170 Å². The van der Waals surface area contributed by atoms with Crippen molar-refractivity contribution in [2.75, 3.05) is 0 Å². The highest BCUT2D eigenvalue weighted by Gasteiger charge is 2.13. The third-order valence-corrected chi connectivity index (χ3v) is 8.12. The summed E-state index contributed by atoms with van der Waals surface area (Å²) in [6, 6.07) is 51.1. The molecule has 0 saturated carbocycles. The van der Waals surface area contributed by atoms with E-state index in [1.54, 1.807) is 18.6 Å². The van der Waals surface area contributed by atoms with Gasteiger partial charge in [0.1, 0.15) is 0 Å². The first-order valence-electron chi connectivity index (χ1n) is 15.7. The fraction of sp³-hybridized carbons (Fsp3) is 0. The van der Waals surface area contributed by atoms with Crippen LogP contribution in [0.2, 0.25) is 0 Å². The van der Waals surface area contributed by atoms with Gasteiger partial charge in [0.25, 0.3) is 0 Å². The van der Waals surface area contributed by atoms with Gasteiger partial charge in [0.05, 0.1) is 17.1 Å². The third-order valence-electron chi connectivity index (χ3n) is 8.12. The van der Waals surface area contributed by atoms with Gasteiger partial charge in [-0.05, 0) is 58.7 Å². The van der Waals surface area contributed by atoms with Crippen LogP contribution in [0.15, 0.2) is 170 Å². The molecule has 226 valence electrons. The SMILES string of the molecule is c1ccc(-c2nc(-c3ccccc3)nc(-c3ccc(-c4ccc(-c5cc(-c6ccncc6)nc(-c6ccccn6)c5)cc4)cc3)n2)cc1. The van der Waals surface area contributed by atoms with E-state index in [-0.39, 0.29) is 0 Å². The Hall–Kier alpha value is -6.66.